The van der Waals surface area contributed by atoms with Gasteiger partial charge in [0.25, 0.3) is 0 Å². The summed E-state index contributed by atoms with van der Waals surface area (Å²) in [4.78, 5) is 30.2. The highest BCUT2D eigenvalue weighted by Gasteiger charge is 2.18. The number of carbonyl (C=O) groups is 2. The molecule has 0 saturated heterocycles. The third-order valence-electron chi connectivity index (χ3n) is 3.75. The molecule has 1 aromatic heterocycles. The first kappa shape index (κ1) is 21.6. The summed E-state index contributed by atoms with van der Waals surface area (Å²) in [5.74, 6) is 0.253. The molecular formula is C19H25N3O5S. The van der Waals surface area contributed by atoms with E-state index in [0.29, 0.717) is 36.9 Å². The standard InChI is InChI=1S/C19H25N3O5S/c1-4-27-15-8-6-14(7-9-15)20-19(24)22(10-5-11-25-2)12-17-21-16(13-28-17)18(23)26-3/h6-9,13H,4-5,10-12H2,1-3H3,(H,20,24). The summed E-state index contributed by atoms with van der Waals surface area (Å²) < 4.78 is 15.2. The van der Waals surface area contributed by atoms with Crippen molar-refractivity contribution in [2.24, 2.45) is 0 Å². The molecule has 0 aliphatic rings. The number of benzene rings is 1. The van der Waals surface area contributed by atoms with Gasteiger partial charge in [-0.2, -0.15) is 0 Å². The molecule has 0 unspecified atom stereocenters. The van der Waals surface area contributed by atoms with E-state index < -0.39 is 5.97 Å². The van der Waals surface area contributed by atoms with Gasteiger partial charge in [-0.05, 0) is 37.6 Å². The average molecular weight is 407 g/mol. The second kappa shape index (κ2) is 11.3. The third-order valence-corrected chi connectivity index (χ3v) is 4.59. The highest BCUT2D eigenvalue weighted by molar-refractivity contribution is 7.09. The Kier molecular flexibility index (Phi) is 8.70. The number of urea groups is 1. The monoisotopic (exact) mass is 407 g/mol. The Morgan fingerprint density at radius 2 is 1.96 bits per heavy atom. The Hall–Kier alpha value is -2.65. The fourth-order valence-electron chi connectivity index (χ4n) is 2.40. The number of methoxy groups -OCH3 is 2. The molecule has 152 valence electrons. The van der Waals surface area contributed by atoms with Gasteiger partial charge in [0.1, 0.15) is 10.8 Å². The Morgan fingerprint density at radius 1 is 1.21 bits per heavy atom. The van der Waals surface area contributed by atoms with E-state index in [1.807, 2.05) is 6.92 Å². The van der Waals surface area contributed by atoms with E-state index in [1.165, 1.54) is 18.4 Å². The number of rotatable bonds is 10. The second-order valence-corrected chi connectivity index (χ2v) is 6.72. The predicted octanol–water partition coefficient (Wildman–Crippen LogP) is 3.40. The summed E-state index contributed by atoms with van der Waals surface area (Å²) in [6.07, 6.45) is 0.683. The Bertz CT molecular complexity index is 763. The molecule has 0 atom stereocenters. The van der Waals surface area contributed by atoms with Crippen LogP contribution in [-0.4, -0.2) is 55.9 Å². The zero-order chi connectivity index (χ0) is 20.4. The molecule has 0 aliphatic carbocycles. The minimum absolute atomic E-state index is 0.242. The Morgan fingerprint density at radius 3 is 2.61 bits per heavy atom. The lowest BCUT2D eigenvalue weighted by Gasteiger charge is -2.22. The maximum Gasteiger partial charge on any atom is 0.357 e. The van der Waals surface area contributed by atoms with Gasteiger partial charge in [-0.3, -0.25) is 0 Å². The van der Waals surface area contributed by atoms with Gasteiger partial charge >= 0.3 is 12.0 Å². The Labute approximate surface area is 168 Å². The van der Waals surface area contributed by atoms with Gasteiger partial charge in [0.15, 0.2) is 5.69 Å². The molecule has 0 saturated carbocycles. The number of anilines is 1. The van der Waals surface area contributed by atoms with Gasteiger partial charge < -0.3 is 24.4 Å². The van der Waals surface area contributed by atoms with Crippen molar-refractivity contribution in [2.45, 2.75) is 19.9 Å². The number of hydrogen-bond donors (Lipinski definition) is 1. The number of thiazole rings is 1. The van der Waals surface area contributed by atoms with Crippen LogP contribution in [0.25, 0.3) is 0 Å². The quantitative estimate of drug-likeness (QED) is 0.480. The number of aromatic nitrogens is 1. The summed E-state index contributed by atoms with van der Waals surface area (Å²) in [6.45, 7) is 3.81. The van der Waals surface area contributed by atoms with Gasteiger partial charge in [-0.15, -0.1) is 11.3 Å². The highest BCUT2D eigenvalue weighted by Crippen LogP contribution is 2.18. The number of esters is 1. The molecule has 9 heteroatoms. The van der Waals surface area contributed by atoms with Crippen molar-refractivity contribution in [3.05, 3.63) is 40.3 Å². The zero-order valence-electron chi connectivity index (χ0n) is 16.3. The molecule has 2 rings (SSSR count). The predicted molar refractivity (Wildman–Crippen MR) is 107 cm³/mol. The van der Waals surface area contributed by atoms with Crippen LogP contribution in [0.5, 0.6) is 5.75 Å². The first-order valence-corrected chi connectivity index (χ1v) is 9.75. The lowest BCUT2D eigenvalue weighted by atomic mass is 10.3. The first-order valence-electron chi connectivity index (χ1n) is 8.87. The zero-order valence-corrected chi connectivity index (χ0v) is 17.1. The van der Waals surface area contributed by atoms with Gasteiger partial charge in [-0.25, -0.2) is 14.6 Å². The van der Waals surface area contributed by atoms with Crippen LogP contribution >= 0.6 is 11.3 Å². The molecule has 0 spiro atoms. The largest absolute Gasteiger partial charge is 0.494 e. The third kappa shape index (κ3) is 6.50. The summed E-state index contributed by atoms with van der Waals surface area (Å²) in [5.41, 5.74) is 0.908. The van der Waals surface area contributed by atoms with E-state index in [0.717, 1.165) is 5.75 Å². The van der Waals surface area contributed by atoms with E-state index in [1.54, 1.807) is 41.7 Å². The fourth-order valence-corrected chi connectivity index (χ4v) is 3.18. The van der Waals surface area contributed by atoms with Crippen molar-refractivity contribution in [1.82, 2.24) is 9.88 Å². The van der Waals surface area contributed by atoms with Crippen molar-refractivity contribution in [2.75, 3.05) is 39.3 Å². The molecule has 2 aromatic rings. The molecule has 0 fully saturated rings. The van der Waals surface area contributed by atoms with Crippen LogP contribution in [0.15, 0.2) is 29.6 Å². The SMILES string of the molecule is CCOc1ccc(NC(=O)N(CCCOC)Cc2nc(C(=O)OC)cs2)cc1. The van der Waals surface area contributed by atoms with Gasteiger partial charge in [0.2, 0.25) is 0 Å². The number of hydrogen-bond acceptors (Lipinski definition) is 7. The van der Waals surface area contributed by atoms with Crippen LogP contribution in [0.1, 0.15) is 28.8 Å². The minimum Gasteiger partial charge on any atom is -0.494 e. The Balaban J connectivity index is 2.04. The molecule has 0 bridgehead atoms. The van der Waals surface area contributed by atoms with Crippen LogP contribution in [0, 0.1) is 0 Å². The summed E-state index contributed by atoms with van der Waals surface area (Å²) in [5, 5.41) is 5.15. The highest BCUT2D eigenvalue weighted by atomic mass is 32.1. The number of carbonyl (C=O) groups excluding carboxylic acids is 2. The average Bonchev–Trinajstić information content (AvgIpc) is 3.17. The lowest BCUT2D eigenvalue weighted by molar-refractivity contribution is 0.0594. The molecule has 0 aliphatic heterocycles. The molecule has 28 heavy (non-hydrogen) atoms. The van der Waals surface area contributed by atoms with E-state index >= 15 is 0 Å². The van der Waals surface area contributed by atoms with Crippen LogP contribution in [-0.2, 0) is 16.0 Å². The van der Waals surface area contributed by atoms with Crippen molar-refractivity contribution in [3.8, 4) is 5.75 Å². The maximum absolute atomic E-state index is 12.7. The van der Waals surface area contributed by atoms with E-state index in [2.05, 4.69) is 15.0 Å². The smallest absolute Gasteiger partial charge is 0.357 e. The van der Waals surface area contributed by atoms with Crippen molar-refractivity contribution >= 4 is 29.0 Å². The van der Waals surface area contributed by atoms with E-state index in [4.69, 9.17) is 9.47 Å². The number of nitrogens with one attached hydrogen (secondary N) is 1. The molecule has 1 aromatic carbocycles. The van der Waals surface area contributed by atoms with Crippen molar-refractivity contribution in [3.63, 3.8) is 0 Å². The summed E-state index contributed by atoms with van der Waals surface area (Å²) >= 11 is 1.31. The van der Waals surface area contributed by atoms with Crippen LogP contribution in [0.4, 0.5) is 10.5 Å². The normalized spacial score (nSPS) is 10.4. The van der Waals surface area contributed by atoms with Crippen LogP contribution in [0.3, 0.4) is 0 Å². The van der Waals surface area contributed by atoms with Crippen molar-refractivity contribution < 1.29 is 23.8 Å². The number of ether oxygens (including phenoxy) is 3. The topological polar surface area (TPSA) is 90.0 Å². The molecular weight excluding hydrogens is 382 g/mol. The minimum atomic E-state index is -0.493. The molecule has 8 nitrogen and oxygen atoms in total. The van der Waals surface area contributed by atoms with Gasteiger partial charge in [0, 0.05) is 31.3 Å². The summed E-state index contributed by atoms with van der Waals surface area (Å²) in [6, 6.07) is 6.93. The van der Waals surface area contributed by atoms with E-state index in [9.17, 15) is 9.59 Å². The maximum atomic E-state index is 12.7. The van der Waals surface area contributed by atoms with Crippen molar-refractivity contribution in [1.29, 1.82) is 0 Å². The number of amides is 2. The van der Waals surface area contributed by atoms with Crippen LogP contribution in [0.2, 0.25) is 0 Å². The fraction of sp³-hybridized carbons (Fsp3) is 0.421. The lowest BCUT2D eigenvalue weighted by Crippen LogP contribution is -2.35. The molecule has 1 N–H and O–H groups in total. The summed E-state index contributed by atoms with van der Waals surface area (Å²) in [7, 11) is 2.93. The van der Waals surface area contributed by atoms with E-state index in [-0.39, 0.29) is 18.3 Å². The van der Waals surface area contributed by atoms with Gasteiger partial charge in [-0.1, -0.05) is 0 Å². The first-order chi connectivity index (χ1) is 13.6. The van der Waals surface area contributed by atoms with Crippen LogP contribution < -0.4 is 10.1 Å². The molecule has 0 radical (unpaired) electrons. The molecule has 1 heterocycles. The van der Waals surface area contributed by atoms with Gasteiger partial charge in [0.05, 0.1) is 20.3 Å². The number of nitrogens with zero attached hydrogens (tertiary/aromatic N) is 2. The second-order valence-electron chi connectivity index (χ2n) is 5.77. The molecule has 2 amide bonds.